The fraction of sp³-hybridized carbons (Fsp3) is 0.571. The van der Waals surface area contributed by atoms with Crippen LogP contribution < -0.4 is 19.5 Å². The molecule has 7 heteroatoms. The summed E-state index contributed by atoms with van der Waals surface area (Å²) in [6.45, 7) is 5.29. The van der Waals surface area contributed by atoms with Crippen LogP contribution in [0.5, 0.6) is 17.2 Å². The zero-order chi connectivity index (χ0) is 20.1. The van der Waals surface area contributed by atoms with Crippen LogP contribution >= 0.6 is 0 Å². The number of hydrogen-bond donors (Lipinski definition) is 2. The number of H-pyrrole nitrogens is 1. The van der Waals surface area contributed by atoms with Gasteiger partial charge < -0.3 is 29.4 Å². The first-order valence-corrected chi connectivity index (χ1v) is 9.96. The van der Waals surface area contributed by atoms with E-state index >= 15 is 0 Å². The van der Waals surface area contributed by atoms with Gasteiger partial charge in [-0.1, -0.05) is 19.8 Å². The third-order valence-corrected chi connectivity index (χ3v) is 5.36. The topological polar surface area (TPSA) is 75.8 Å². The average molecular weight is 389 g/mol. The van der Waals surface area contributed by atoms with E-state index in [0.717, 1.165) is 37.0 Å². The van der Waals surface area contributed by atoms with Crippen molar-refractivity contribution >= 4 is 16.8 Å². The van der Waals surface area contributed by atoms with Crippen molar-refractivity contribution in [2.45, 2.75) is 38.6 Å². The fourth-order valence-electron chi connectivity index (χ4n) is 3.88. The molecule has 3 rings (SSSR count). The molecule has 154 valence electrons. The van der Waals surface area contributed by atoms with Crippen LogP contribution in [0.1, 0.15) is 43.1 Å². The van der Waals surface area contributed by atoms with Crippen molar-refractivity contribution in [2.24, 2.45) is 0 Å². The molecule has 7 nitrogen and oxygen atoms in total. The number of benzene rings is 1. The monoisotopic (exact) mass is 389 g/mol. The molecule has 2 aromatic rings. The molecule has 1 aromatic heterocycles. The van der Waals surface area contributed by atoms with Crippen molar-refractivity contribution in [2.75, 3.05) is 41.0 Å². The van der Waals surface area contributed by atoms with Gasteiger partial charge in [0.2, 0.25) is 5.75 Å². The van der Waals surface area contributed by atoms with E-state index in [1.807, 2.05) is 6.07 Å². The highest BCUT2D eigenvalue weighted by Crippen LogP contribution is 2.43. The molecule has 2 N–H and O–H groups in total. The number of unbranched alkanes of at least 4 members (excludes halogenated alkanes) is 2. The van der Waals surface area contributed by atoms with Crippen molar-refractivity contribution in [3.05, 3.63) is 17.8 Å². The van der Waals surface area contributed by atoms with Crippen LogP contribution in [0.3, 0.4) is 0 Å². The van der Waals surface area contributed by atoms with E-state index in [0.29, 0.717) is 22.9 Å². The molecule has 2 heterocycles. The first-order valence-electron chi connectivity index (χ1n) is 9.96. The summed E-state index contributed by atoms with van der Waals surface area (Å²) in [6, 6.07) is 3.81. The van der Waals surface area contributed by atoms with Gasteiger partial charge in [0.05, 0.1) is 26.8 Å². The van der Waals surface area contributed by atoms with Gasteiger partial charge in [0.1, 0.15) is 5.69 Å². The van der Waals surface area contributed by atoms with Gasteiger partial charge in [-0.05, 0) is 25.5 Å². The van der Waals surface area contributed by atoms with Crippen molar-refractivity contribution in [1.29, 1.82) is 0 Å². The second-order valence-electron chi connectivity index (χ2n) is 7.26. The molecule has 0 spiro atoms. The van der Waals surface area contributed by atoms with Gasteiger partial charge in [0.25, 0.3) is 5.91 Å². The molecule has 1 aromatic carbocycles. The van der Waals surface area contributed by atoms with Crippen molar-refractivity contribution in [3.8, 4) is 17.2 Å². The average Bonchev–Trinajstić information content (AvgIpc) is 3.33. The maximum atomic E-state index is 12.8. The lowest BCUT2D eigenvalue weighted by Crippen LogP contribution is -2.37. The fourth-order valence-corrected chi connectivity index (χ4v) is 3.88. The Labute approximate surface area is 166 Å². The molecule has 1 atom stereocenters. The summed E-state index contributed by atoms with van der Waals surface area (Å²) in [5.74, 6) is 1.52. The number of likely N-dealkylation sites (tertiary alicyclic amines) is 1. The second kappa shape index (κ2) is 9.19. The smallest absolute Gasteiger partial charge is 0.267 e. The number of carbonyl (C=O) groups is 1. The zero-order valence-electron chi connectivity index (χ0n) is 17.3. The second-order valence-corrected chi connectivity index (χ2v) is 7.26. The molecule has 1 fully saturated rings. The molecule has 0 bridgehead atoms. The maximum absolute atomic E-state index is 12.8. The minimum atomic E-state index is -0.100. The Bertz CT molecular complexity index is 818. The van der Waals surface area contributed by atoms with Gasteiger partial charge in [-0.25, -0.2) is 0 Å². The summed E-state index contributed by atoms with van der Waals surface area (Å²) >= 11 is 0. The molecule has 1 aliphatic heterocycles. The molecule has 1 aliphatic rings. The zero-order valence-corrected chi connectivity index (χ0v) is 17.3. The number of rotatable bonds is 9. The van der Waals surface area contributed by atoms with Gasteiger partial charge >= 0.3 is 0 Å². The molecule has 1 amide bonds. The molecule has 0 aliphatic carbocycles. The number of nitrogens with zero attached hydrogens (tertiary/aromatic N) is 1. The highest BCUT2D eigenvalue weighted by atomic mass is 16.5. The number of nitrogens with one attached hydrogen (secondary N) is 2. The number of amides is 1. The normalized spacial score (nSPS) is 17.1. The van der Waals surface area contributed by atoms with Crippen LogP contribution in [0.2, 0.25) is 0 Å². The number of ether oxygens (including phenoxy) is 3. The Balaban J connectivity index is 1.72. The van der Waals surface area contributed by atoms with E-state index in [-0.39, 0.29) is 11.9 Å². The molecule has 28 heavy (non-hydrogen) atoms. The van der Waals surface area contributed by atoms with Gasteiger partial charge in [-0.2, -0.15) is 0 Å². The molecular weight excluding hydrogens is 358 g/mol. The Morgan fingerprint density at radius 1 is 1.18 bits per heavy atom. The Morgan fingerprint density at radius 2 is 1.96 bits per heavy atom. The van der Waals surface area contributed by atoms with Crippen LogP contribution in [-0.4, -0.2) is 62.8 Å². The van der Waals surface area contributed by atoms with Crippen LogP contribution in [0.25, 0.3) is 10.9 Å². The number of carbonyl (C=O) groups excluding carboxylic acids is 1. The molecule has 0 radical (unpaired) electrons. The van der Waals surface area contributed by atoms with Crippen LogP contribution in [-0.2, 0) is 0 Å². The van der Waals surface area contributed by atoms with Crippen molar-refractivity contribution in [3.63, 3.8) is 0 Å². The minimum Gasteiger partial charge on any atom is -0.493 e. The Morgan fingerprint density at radius 3 is 2.64 bits per heavy atom. The number of aromatic amines is 1. The Hall–Kier alpha value is -2.41. The van der Waals surface area contributed by atoms with Gasteiger partial charge in [-0.3, -0.25) is 4.79 Å². The van der Waals surface area contributed by atoms with Gasteiger partial charge in [0.15, 0.2) is 11.5 Å². The highest BCUT2D eigenvalue weighted by Gasteiger charge is 2.25. The van der Waals surface area contributed by atoms with Crippen LogP contribution in [0, 0.1) is 0 Å². The summed E-state index contributed by atoms with van der Waals surface area (Å²) in [7, 11) is 4.72. The summed E-state index contributed by atoms with van der Waals surface area (Å²) in [5, 5.41) is 3.95. The number of methoxy groups -OCH3 is 3. The lowest BCUT2D eigenvalue weighted by Gasteiger charge is -2.16. The summed E-state index contributed by atoms with van der Waals surface area (Å²) in [5.41, 5.74) is 1.28. The maximum Gasteiger partial charge on any atom is 0.267 e. The predicted octanol–water partition coefficient (Wildman–Crippen LogP) is 3.19. The molecular formula is C21H31N3O4. The van der Waals surface area contributed by atoms with E-state index in [1.165, 1.54) is 19.3 Å². The first kappa shape index (κ1) is 20.3. The first-order chi connectivity index (χ1) is 13.6. The standard InChI is InChI=1S/C21H31N3O4/c1-5-6-7-9-24-10-8-14(13-24)22-21(25)17-11-15-16(23-17)12-18(26-2)20(28-4)19(15)27-3/h11-12,14,23H,5-10,13H2,1-4H3,(H,22,25)/t14-/m0/s1. The van der Waals surface area contributed by atoms with E-state index < -0.39 is 0 Å². The van der Waals surface area contributed by atoms with Crippen LogP contribution in [0.4, 0.5) is 0 Å². The summed E-state index contributed by atoms with van der Waals surface area (Å²) in [6.07, 6.45) is 4.70. The largest absolute Gasteiger partial charge is 0.493 e. The minimum absolute atomic E-state index is 0.100. The number of aromatic nitrogens is 1. The highest BCUT2D eigenvalue weighted by molar-refractivity contribution is 6.01. The van der Waals surface area contributed by atoms with Crippen molar-refractivity contribution in [1.82, 2.24) is 15.2 Å². The summed E-state index contributed by atoms with van der Waals surface area (Å²) in [4.78, 5) is 18.4. The van der Waals surface area contributed by atoms with Gasteiger partial charge in [-0.15, -0.1) is 0 Å². The number of hydrogen-bond acceptors (Lipinski definition) is 5. The summed E-state index contributed by atoms with van der Waals surface area (Å²) < 4.78 is 16.3. The van der Waals surface area contributed by atoms with E-state index in [9.17, 15) is 4.79 Å². The third-order valence-electron chi connectivity index (χ3n) is 5.36. The van der Waals surface area contributed by atoms with Crippen molar-refractivity contribution < 1.29 is 19.0 Å². The van der Waals surface area contributed by atoms with E-state index in [4.69, 9.17) is 14.2 Å². The predicted molar refractivity (Wildman–Crippen MR) is 110 cm³/mol. The lowest BCUT2D eigenvalue weighted by atomic mass is 10.2. The quantitative estimate of drug-likeness (QED) is 0.644. The number of fused-ring (bicyclic) bond motifs is 1. The Kier molecular flexibility index (Phi) is 6.67. The van der Waals surface area contributed by atoms with E-state index in [1.54, 1.807) is 27.4 Å². The SMILES string of the molecule is CCCCCN1CC[C@H](NC(=O)c2cc3c(OC)c(OC)c(OC)cc3[nH]2)C1. The van der Waals surface area contributed by atoms with Gasteiger partial charge in [0, 0.05) is 30.6 Å². The molecule has 0 unspecified atom stereocenters. The van der Waals surface area contributed by atoms with Crippen LogP contribution in [0.15, 0.2) is 12.1 Å². The van der Waals surface area contributed by atoms with E-state index in [2.05, 4.69) is 22.1 Å². The lowest BCUT2D eigenvalue weighted by molar-refractivity contribution is 0.0933. The third kappa shape index (κ3) is 4.19. The molecule has 1 saturated heterocycles. The molecule has 0 saturated carbocycles.